The van der Waals surface area contributed by atoms with Gasteiger partial charge in [-0.1, -0.05) is 11.6 Å². The Morgan fingerprint density at radius 1 is 1.37 bits per heavy atom. The fourth-order valence-electron chi connectivity index (χ4n) is 3.22. The maximum Gasteiger partial charge on any atom is 0.248 e. The van der Waals surface area contributed by atoms with Crippen molar-refractivity contribution in [3.05, 3.63) is 17.3 Å². The van der Waals surface area contributed by atoms with E-state index in [4.69, 9.17) is 11.6 Å². The summed E-state index contributed by atoms with van der Waals surface area (Å²) in [6.45, 7) is 1.26. The van der Waals surface area contributed by atoms with Gasteiger partial charge in [-0.3, -0.25) is 0 Å². The van der Waals surface area contributed by atoms with E-state index < -0.39 is 5.92 Å². The zero-order valence-electron chi connectivity index (χ0n) is 10.7. The van der Waals surface area contributed by atoms with E-state index in [1.165, 1.54) is 0 Å². The zero-order chi connectivity index (χ0) is 13.6. The molecular weight excluding hydrogens is 272 g/mol. The Hall–Kier alpha value is -1.10. The molecule has 6 heteroatoms. The Bertz CT molecular complexity index is 479. The van der Waals surface area contributed by atoms with Crippen molar-refractivity contribution in [3.63, 3.8) is 0 Å². The van der Waals surface area contributed by atoms with Gasteiger partial charge in [-0.2, -0.15) is 0 Å². The quantitative estimate of drug-likeness (QED) is 0.905. The van der Waals surface area contributed by atoms with Crippen molar-refractivity contribution in [1.29, 1.82) is 0 Å². The SMILES string of the molecule is CNc1cnc(N2CC3CC(F)(F)C[C@H]3C2)c(Cl)c1. The maximum absolute atomic E-state index is 13.3. The average molecular weight is 288 g/mol. The lowest BCUT2D eigenvalue weighted by Crippen LogP contribution is -2.25. The summed E-state index contributed by atoms with van der Waals surface area (Å²) in [6.07, 6.45) is 1.71. The van der Waals surface area contributed by atoms with E-state index in [2.05, 4.69) is 10.3 Å². The summed E-state index contributed by atoms with van der Waals surface area (Å²) in [4.78, 5) is 6.37. The molecule has 0 aromatic carbocycles. The number of aromatic nitrogens is 1. The van der Waals surface area contributed by atoms with Crippen molar-refractivity contribution in [1.82, 2.24) is 4.98 Å². The maximum atomic E-state index is 13.3. The molecule has 1 N–H and O–H groups in total. The summed E-state index contributed by atoms with van der Waals surface area (Å²) in [7, 11) is 1.80. The molecule has 0 bridgehead atoms. The molecule has 19 heavy (non-hydrogen) atoms. The summed E-state index contributed by atoms with van der Waals surface area (Å²) in [5, 5.41) is 3.54. The second-order valence-electron chi connectivity index (χ2n) is 5.47. The molecule has 0 amide bonds. The van der Waals surface area contributed by atoms with Crippen LogP contribution in [-0.2, 0) is 0 Å². The van der Waals surface area contributed by atoms with Gasteiger partial charge in [-0.05, 0) is 17.9 Å². The summed E-state index contributed by atoms with van der Waals surface area (Å²) in [5.74, 6) is -1.64. The van der Waals surface area contributed by atoms with Gasteiger partial charge in [0, 0.05) is 33.0 Å². The Kier molecular flexibility index (Phi) is 3.04. The first-order valence-corrected chi connectivity index (χ1v) is 6.82. The molecule has 0 radical (unpaired) electrons. The molecule has 1 aliphatic heterocycles. The van der Waals surface area contributed by atoms with Gasteiger partial charge >= 0.3 is 0 Å². The van der Waals surface area contributed by atoms with Crippen LogP contribution >= 0.6 is 11.6 Å². The number of hydrogen-bond donors (Lipinski definition) is 1. The lowest BCUT2D eigenvalue weighted by atomic mass is 10.0. The van der Waals surface area contributed by atoms with Crippen LogP contribution in [0, 0.1) is 11.8 Å². The van der Waals surface area contributed by atoms with E-state index in [1.807, 2.05) is 11.0 Å². The van der Waals surface area contributed by atoms with Gasteiger partial charge in [-0.15, -0.1) is 0 Å². The molecule has 2 aliphatic rings. The normalized spacial score (nSPS) is 28.5. The van der Waals surface area contributed by atoms with Crippen LogP contribution in [0.2, 0.25) is 5.02 Å². The molecule has 1 saturated heterocycles. The van der Waals surface area contributed by atoms with E-state index in [0.717, 1.165) is 5.69 Å². The fourth-order valence-corrected chi connectivity index (χ4v) is 3.51. The van der Waals surface area contributed by atoms with Crippen molar-refractivity contribution in [2.75, 3.05) is 30.4 Å². The van der Waals surface area contributed by atoms with E-state index in [1.54, 1.807) is 13.2 Å². The minimum atomic E-state index is -2.48. The van der Waals surface area contributed by atoms with Crippen molar-refractivity contribution < 1.29 is 8.78 Å². The number of rotatable bonds is 2. The minimum absolute atomic E-state index is 0.000382. The van der Waals surface area contributed by atoms with E-state index in [-0.39, 0.29) is 24.7 Å². The highest BCUT2D eigenvalue weighted by molar-refractivity contribution is 6.33. The molecule has 1 aromatic rings. The molecule has 3 rings (SSSR count). The third kappa shape index (κ3) is 2.36. The van der Waals surface area contributed by atoms with E-state index in [9.17, 15) is 8.78 Å². The van der Waals surface area contributed by atoms with Gasteiger partial charge in [0.25, 0.3) is 0 Å². The predicted molar refractivity (Wildman–Crippen MR) is 72.2 cm³/mol. The lowest BCUT2D eigenvalue weighted by molar-refractivity contribution is 0.00173. The topological polar surface area (TPSA) is 28.2 Å². The van der Waals surface area contributed by atoms with Crippen molar-refractivity contribution >= 4 is 23.1 Å². The molecule has 3 nitrogen and oxygen atoms in total. The van der Waals surface area contributed by atoms with Crippen LogP contribution in [0.1, 0.15) is 12.8 Å². The zero-order valence-corrected chi connectivity index (χ0v) is 11.4. The van der Waals surface area contributed by atoms with E-state index >= 15 is 0 Å². The molecule has 2 heterocycles. The van der Waals surface area contributed by atoms with Gasteiger partial charge in [0.15, 0.2) is 0 Å². The largest absolute Gasteiger partial charge is 0.387 e. The van der Waals surface area contributed by atoms with Crippen molar-refractivity contribution in [2.24, 2.45) is 11.8 Å². The van der Waals surface area contributed by atoms with Gasteiger partial charge in [0.05, 0.1) is 16.9 Å². The number of nitrogens with zero attached hydrogens (tertiary/aromatic N) is 2. The van der Waals surface area contributed by atoms with Gasteiger partial charge in [0.1, 0.15) is 5.82 Å². The Morgan fingerprint density at radius 2 is 2.00 bits per heavy atom. The predicted octanol–water partition coefficient (Wildman–Crippen LogP) is 3.26. The number of pyridine rings is 1. The molecule has 1 aromatic heterocycles. The number of anilines is 2. The Labute approximate surface area is 116 Å². The van der Waals surface area contributed by atoms with Gasteiger partial charge in [-0.25, -0.2) is 13.8 Å². The molecule has 0 spiro atoms. The van der Waals surface area contributed by atoms with Crippen molar-refractivity contribution in [2.45, 2.75) is 18.8 Å². The molecule has 2 fully saturated rings. The Morgan fingerprint density at radius 3 is 2.53 bits per heavy atom. The Balaban J connectivity index is 1.76. The standard InChI is InChI=1S/C13H16ClF2N3/c1-17-10-2-11(14)12(18-5-10)19-6-8-3-13(15,16)4-9(8)7-19/h2,5,8-9,17H,3-4,6-7H2,1H3/t8-,9?/m0/s1. The van der Waals surface area contributed by atoms with Gasteiger partial charge < -0.3 is 10.2 Å². The lowest BCUT2D eigenvalue weighted by Gasteiger charge is -2.21. The number of fused-ring (bicyclic) bond motifs is 1. The number of halogens is 3. The minimum Gasteiger partial charge on any atom is -0.387 e. The van der Waals surface area contributed by atoms with Crippen LogP contribution in [0.15, 0.2) is 12.3 Å². The summed E-state index contributed by atoms with van der Waals surface area (Å²) in [6, 6.07) is 1.81. The first kappa shape index (κ1) is 12.9. The highest BCUT2D eigenvalue weighted by Gasteiger charge is 2.50. The molecule has 2 atom stereocenters. The first-order valence-electron chi connectivity index (χ1n) is 6.44. The number of nitrogens with one attached hydrogen (secondary N) is 1. The summed E-state index contributed by atoms with van der Waals surface area (Å²) < 4.78 is 26.6. The molecule has 1 aliphatic carbocycles. The molecule has 1 saturated carbocycles. The van der Waals surface area contributed by atoms with Crippen LogP contribution in [0.3, 0.4) is 0 Å². The number of alkyl halides is 2. The van der Waals surface area contributed by atoms with Gasteiger partial charge in [0.2, 0.25) is 5.92 Å². The second-order valence-corrected chi connectivity index (χ2v) is 5.88. The van der Waals surface area contributed by atoms with Crippen LogP contribution in [0.25, 0.3) is 0 Å². The monoisotopic (exact) mass is 287 g/mol. The summed E-state index contributed by atoms with van der Waals surface area (Å²) >= 11 is 6.21. The molecule has 104 valence electrons. The fraction of sp³-hybridized carbons (Fsp3) is 0.615. The highest BCUT2D eigenvalue weighted by atomic mass is 35.5. The van der Waals surface area contributed by atoms with Crippen LogP contribution in [0.5, 0.6) is 0 Å². The molecular formula is C13H16ClF2N3. The molecule has 1 unspecified atom stereocenters. The highest BCUT2D eigenvalue weighted by Crippen LogP contribution is 2.48. The first-order chi connectivity index (χ1) is 8.98. The summed E-state index contributed by atoms with van der Waals surface area (Å²) in [5.41, 5.74) is 0.847. The van der Waals surface area contributed by atoms with Crippen LogP contribution < -0.4 is 10.2 Å². The third-order valence-corrected chi connectivity index (χ3v) is 4.39. The third-order valence-electron chi connectivity index (χ3n) is 4.11. The van der Waals surface area contributed by atoms with Crippen molar-refractivity contribution in [3.8, 4) is 0 Å². The van der Waals surface area contributed by atoms with E-state index in [0.29, 0.717) is 23.9 Å². The second kappa shape index (κ2) is 4.47. The number of hydrogen-bond acceptors (Lipinski definition) is 3. The van der Waals surface area contributed by atoms with Crippen LogP contribution in [-0.4, -0.2) is 31.0 Å². The smallest absolute Gasteiger partial charge is 0.248 e. The van der Waals surface area contributed by atoms with Crippen LogP contribution in [0.4, 0.5) is 20.3 Å². The average Bonchev–Trinajstić information content (AvgIpc) is 2.81.